The molecule has 0 aliphatic heterocycles. The van der Waals surface area contributed by atoms with Crippen LogP contribution in [0, 0.1) is 0 Å². The van der Waals surface area contributed by atoms with E-state index < -0.39 is 0 Å². The standard InChI is InChI=1S/C10H11ClS/c1-8(7-11)9-5-3-4-6-10(9)12-2/h3-6H,1,7H2,2H3. The lowest BCUT2D eigenvalue weighted by Gasteiger charge is -2.06. The highest BCUT2D eigenvalue weighted by molar-refractivity contribution is 7.98. The Balaban J connectivity index is 3.04. The number of halogens is 1. The first kappa shape index (κ1) is 9.69. The zero-order valence-corrected chi connectivity index (χ0v) is 8.58. The third-order valence-corrected chi connectivity index (χ3v) is 2.77. The molecule has 0 N–H and O–H groups in total. The fourth-order valence-electron chi connectivity index (χ4n) is 1.01. The van der Waals surface area contributed by atoms with Gasteiger partial charge in [-0.15, -0.1) is 23.4 Å². The van der Waals surface area contributed by atoms with Crippen molar-refractivity contribution in [2.45, 2.75) is 4.90 Å². The molecule has 0 fully saturated rings. The van der Waals surface area contributed by atoms with Crippen molar-refractivity contribution in [3.8, 4) is 0 Å². The Morgan fingerprint density at radius 2 is 2.17 bits per heavy atom. The molecule has 0 saturated heterocycles. The summed E-state index contributed by atoms with van der Waals surface area (Å²) in [7, 11) is 0. The normalized spacial score (nSPS) is 9.83. The molecule has 12 heavy (non-hydrogen) atoms. The molecular weight excluding hydrogens is 188 g/mol. The van der Waals surface area contributed by atoms with Gasteiger partial charge in [0, 0.05) is 10.8 Å². The fourth-order valence-corrected chi connectivity index (χ4v) is 1.80. The predicted molar refractivity (Wildman–Crippen MR) is 58.0 cm³/mol. The SMILES string of the molecule is C=C(CCl)c1ccccc1SC. The van der Waals surface area contributed by atoms with E-state index in [9.17, 15) is 0 Å². The summed E-state index contributed by atoms with van der Waals surface area (Å²) in [5.41, 5.74) is 2.15. The summed E-state index contributed by atoms with van der Waals surface area (Å²) in [5, 5.41) is 0. The first-order chi connectivity index (χ1) is 5.79. The second-order valence-corrected chi connectivity index (χ2v) is 3.55. The van der Waals surface area contributed by atoms with E-state index in [1.54, 1.807) is 11.8 Å². The zero-order valence-electron chi connectivity index (χ0n) is 7.01. The Kier molecular flexibility index (Phi) is 3.70. The van der Waals surface area contributed by atoms with Gasteiger partial charge in [-0.3, -0.25) is 0 Å². The summed E-state index contributed by atoms with van der Waals surface area (Å²) >= 11 is 7.43. The van der Waals surface area contributed by atoms with E-state index in [1.165, 1.54) is 10.5 Å². The second kappa shape index (κ2) is 4.58. The van der Waals surface area contributed by atoms with Gasteiger partial charge in [-0.25, -0.2) is 0 Å². The Morgan fingerprint density at radius 3 is 2.75 bits per heavy atom. The van der Waals surface area contributed by atoms with Crippen LogP contribution in [-0.2, 0) is 0 Å². The second-order valence-electron chi connectivity index (χ2n) is 2.44. The van der Waals surface area contributed by atoms with Crippen LogP contribution in [0.25, 0.3) is 5.57 Å². The summed E-state index contributed by atoms with van der Waals surface area (Å²) in [6.07, 6.45) is 2.06. The molecule has 1 aromatic carbocycles. The van der Waals surface area contributed by atoms with Crippen molar-refractivity contribution < 1.29 is 0 Å². The van der Waals surface area contributed by atoms with Gasteiger partial charge in [-0.1, -0.05) is 24.8 Å². The quantitative estimate of drug-likeness (QED) is 0.528. The highest BCUT2D eigenvalue weighted by atomic mass is 35.5. The highest BCUT2D eigenvalue weighted by Crippen LogP contribution is 2.25. The fraction of sp³-hybridized carbons (Fsp3) is 0.200. The molecular formula is C10H11ClS. The number of hydrogen-bond acceptors (Lipinski definition) is 1. The zero-order chi connectivity index (χ0) is 8.97. The average Bonchev–Trinajstić information content (AvgIpc) is 2.16. The predicted octanol–water partition coefficient (Wildman–Crippen LogP) is 3.66. The summed E-state index contributed by atoms with van der Waals surface area (Å²) in [4.78, 5) is 1.24. The van der Waals surface area contributed by atoms with Gasteiger partial charge in [0.2, 0.25) is 0 Å². The summed E-state index contributed by atoms with van der Waals surface area (Å²) in [6, 6.07) is 8.16. The van der Waals surface area contributed by atoms with Gasteiger partial charge in [-0.2, -0.15) is 0 Å². The maximum absolute atomic E-state index is 5.71. The van der Waals surface area contributed by atoms with Gasteiger partial charge >= 0.3 is 0 Å². The van der Waals surface area contributed by atoms with E-state index in [-0.39, 0.29) is 0 Å². The molecule has 1 aromatic rings. The molecule has 0 aromatic heterocycles. The molecule has 2 heteroatoms. The maximum Gasteiger partial charge on any atom is 0.0474 e. The lowest BCUT2D eigenvalue weighted by molar-refractivity contribution is 1.39. The van der Waals surface area contributed by atoms with Crippen molar-refractivity contribution in [2.75, 3.05) is 12.1 Å². The molecule has 64 valence electrons. The van der Waals surface area contributed by atoms with Gasteiger partial charge < -0.3 is 0 Å². The van der Waals surface area contributed by atoms with Gasteiger partial charge in [0.1, 0.15) is 0 Å². The Hall–Kier alpha value is -0.400. The first-order valence-electron chi connectivity index (χ1n) is 3.66. The highest BCUT2D eigenvalue weighted by Gasteiger charge is 2.02. The van der Waals surface area contributed by atoms with Crippen molar-refractivity contribution in [3.63, 3.8) is 0 Å². The number of rotatable bonds is 3. The van der Waals surface area contributed by atoms with Crippen LogP contribution in [0.3, 0.4) is 0 Å². The third-order valence-electron chi connectivity index (χ3n) is 1.65. The molecule has 1 rings (SSSR count). The van der Waals surface area contributed by atoms with Crippen LogP contribution >= 0.6 is 23.4 Å². The molecule has 0 bridgehead atoms. The van der Waals surface area contributed by atoms with E-state index in [1.807, 2.05) is 12.1 Å². The van der Waals surface area contributed by atoms with Crippen molar-refractivity contribution in [3.05, 3.63) is 36.4 Å². The molecule has 0 radical (unpaired) electrons. The minimum atomic E-state index is 0.498. The molecule has 0 aliphatic rings. The largest absolute Gasteiger partial charge is 0.129 e. The molecule has 0 atom stereocenters. The van der Waals surface area contributed by atoms with E-state index in [0.717, 1.165) is 5.57 Å². The third kappa shape index (κ3) is 2.05. The Bertz CT molecular complexity index is 281. The molecule has 0 nitrogen and oxygen atoms in total. The topological polar surface area (TPSA) is 0 Å². The number of thioether (sulfide) groups is 1. The van der Waals surface area contributed by atoms with E-state index in [4.69, 9.17) is 11.6 Å². The van der Waals surface area contributed by atoms with Crippen LogP contribution in [0.2, 0.25) is 0 Å². The monoisotopic (exact) mass is 198 g/mol. The van der Waals surface area contributed by atoms with Crippen molar-refractivity contribution in [1.82, 2.24) is 0 Å². The number of allylic oxidation sites excluding steroid dienone is 1. The van der Waals surface area contributed by atoms with Gasteiger partial charge in [-0.05, 0) is 23.5 Å². The van der Waals surface area contributed by atoms with Crippen LogP contribution in [0.4, 0.5) is 0 Å². The van der Waals surface area contributed by atoms with Crippen LogP contribution < -0.4 is 0 Å². The maximum atomic E-state index is 5.71. The van der Waals surface area contributed by atoms with Crippen molar-refractivity contribution in [1.29, 1.82) is 0 Å². The van der Waals surface area contributed by atoms with Gasteiger partial charge in [0.25, 0.3) is 0 Å². The molecule has 0 spiro atoms. The summed E-state index contributed by atoms with van der Waals surface area (Å²) in [6.45, 7) is 3.91. The van der Waals surface area contributed by atoms with Gasteiger partial charge in [0.15, 0.2) is 0 Å². The minimum absolute atomic E-state index is 0.498. The lowest BCUT2D eigenvalue weighted by Crippen LogP contribution is -1.86. The van der Waals surface area contributed by atoms with Crippen LogP contribution in [0.1, 0.15) is 5.56 Å². The Labute approximate surface area is 82.6 Å². The average molecular weight is 199 g/mol. The van der Waals surface area contributed by atoms with Crippen LogP contribution in [-0.4, -0.2) is 12.1 Å². The summed E-state index contributed by atoms with van der Waals surface area (Å²) < 4.78 is 0. The number of alkyl halides is 1. The van der Waals surface area contributed by atoms with E-state index >= 15 is 0 Å². The van der Waals surface area contributed by atoms with Crippen LogP contribution in [0.15, 0.2) is 35.7 Å². The lowest BCUT2D eigenvalue weighted by atomic mass is 10.1. The van der Waals surface area contributed by atoms with E-state index in [2.05, 4.69) is 25.0 Å². The number of benzene rings is 1. The summed E-state index contributed by atoms with van der Waals surface area (Å²) in [5.74, 6) is 0.498. The van der Waals surface area contributed by atoms with Gasteiger partial charge in [0.05, 0.1) is 0 Å². The molecule has 0 heterocycles. The first-order valence-corrected chi connectivity index (χ1v) is 5.42. The number of hydrogen-bond donors (Lipinski definition) is 0. The molecule has 0 saturated carbocycles. The van der Waals surface area contributed by atoms with Crippen molar-refractivity contribution >= 4 is 28.9 Å². The Morgan fingerprint density at radius 1 is 1.50 bits per heavy atom. The minimum Gasteiger partial charge on any atom is -0.129 e. The molecule has 0 amide bonds. The molecule has 0 unspecified atom stereocenters. The van der Waals surface area contributed by atoms with Crippen LogP contribution in [0.5, 0.6) is 0 Å². The molecule has 0 aliphatic carbocycles. The van der Waals surface area contributed by atoms with Crippen molar-refractivity contribution in [2.24, 2.45) is 0 Å². The van der Waals surface area contributed by atoms with E-state index in [0.29, 0.717) is 5.88 Å². The smallest absolute Gasteiger partial charge is 0.0474 e.